The second-order valence-corrected chi connectivity index (χ2v) is 16.9. The maximum Gasteiger partial charge on any atom is 0.306 e. The number of unbranched alkanes of at least 4 members (excludes halogenated alkanes) is 10. The summed E-state index contributed by atoms with van der Waals surface area (Å²) in [5.74, 6) is -1.83. The molecule has 0 aromatic rings. The minimum absolute atomic E-state index is 0.0132. The van der Waals surface area contributed by atoms with Crippen molar-refractivity contribution in [2.24, 2.45) is 0 Å². The molecule has 63 heavy (non-hydrogen) atoms. The molecule has 0 aliphatic rings. The van der Waals surface area contributed by atoms with Crippen molar-refractivity contribution >= 4 is 17.9 Å². The van der Waals surface area contributed by atoms with Crippen LogP contribution < -0.4 is 5.11 Å². The maximum atomic E-state index is 12.8. The van der Waals surface area contributed by atoms with Crippen molar-refractivity contribution in [3.05, 3.63) is 109 Å². The summed E-state index contributed by atoms with van der Waals surface area (Å²) in [5.41, 5.74) is 0. The SMILES string of the molecule is CC/C=C/C/C=C/C/C=C/C/C=C/C/C=C/C/C=C/CCCC(=O)OCC(COCCC(C(=O)[O-])[N+](C)(C)C)OC(=O)CCCCCCCCCCC/C=C/C/C=C/C/C=C/CC. The number of carbonyl (C=O) groups is 3. The van der Waals surface area contributed by atoms with E-state index in [0.29, 0.717) is 12.8 Å². The summed E-state index contributed by atoms with van der Waals surface area (Å²) in [4.78, 5) is 37.0. The van der Waals surface area contributed by atoms with Crippen LogP contribution in [-0.2, 0) is 28.6 Å². The third kappa shape index (κ3) is 43.0. The van der Waals surface area contributed by atoms with Crippen molar-refractivity contribution in [3.8, 4) is 0 Å². The Morgan fingerprint density at radius 1 is 0.476 bits per heavy atom. The van der Waals surface area contributed by atoms with E-state index in [4.69, 9.17) is 14.2 Å². The van der Waals surface area contributed by atoms with E-state index in [-0.39, 0.29) is 49.1 Å². The van der Waals surface area contributed by atoms with Crippen LogP contribution in [0.1, 0.15) is 168 Å². The zero-order valence-corrected chi connectivity index (χ0v) is 40.4. The molecule has 0 amide bonds. The van der Waals surface area contributed by atoms with Gasteiger partial charge in [0.15, 0.2) is 6.10 Å². The number of carboxylic acids is 1. The first-order chi connectivity index (χ1) is 30.6. The second kappa shape index (κ2) is 44.6. The predicted molar refractivity (Wildman–Crippen MR) is 263 cm³/mol. The van der Waals surface area contributed by atoms with Crippen molar-refractivity contribution in [2.45, 2.75) is 180 Å². The molecule has 2 atom stereocenters. The number of rotatable bonds is 42. The molecule has 2 unspecified atom stereocenters. The quantitative estimate of drug-likeness (QED) is 0.0260. The van der Waals surface area contributed by atoms with Crippen LogP contribution in [0.4, 0.5) is 0 Å². The highest BCUT2D eigenvalue weighted by atomic mass is 16.6. The van der Waals surface area contributed by atoms with Crippen LogP contribution in [0.5, 0.6) is 0 Å². The lowest BCUT2D eigenvalue weighted by Crippen LogP contribution is -2.55. The highest BCUT2D eigenvalue weighted by molar-refractivity contribution is 5.70. The number of allylic oxidation sites excluding steroid dienone is 18. The van der Waals surface area contributed by atoms with Gasteiger partial charge in [0, 0.05) is 19.3 Å². The summed E-state index contributed by atoms with van der Waals surface area (Å²) in [5, 5.41) is 11.7. The van der Waals surface area contributed by atoms with Gasteiger partial charge >= 0.3 is 11.9 Å². The third-order valence-electron chi connectivity index (χ3n) is 10.2. The molecule has 8 heteroatoms. The number of carboxylic acid groups (broad SMARTS) is 1. The van der Waals surface area contributed by atoms with E-state index in [1.165, 1.54) is 38.5 Å². The Bertz CT molecular complexity index is 1390. The van der Waals surface area contributed by atoms with Crippen LogP contribution in [0.25, 0.3) is 0 Å². The molecule has 0 aliphatic heterocycles. The van der Waals surface area contributed by atoms with E-state index >= 15 is 0 Å². The fraction of sp³-hybridized carbons (Fsp3) is 0.618. The van der Waals surface area contributed by atoms with E-state index in [1.54, 1.807) is 21.1 Å². The number of nitrogens with zero attached hydrogens (tertiary/aromatic N) is 1. The highest BCUT2D eigenvalue weighted by Gasteiger charge is 2.25. The lowest BCUT2D eigenvalue weighted by atomic mass is 10.1. The topological polar surface area (TPSA) is 102 Å². The van der Waals surface area contributed by atoms with Gasteiger partial charge in [-0.15, -0.1) is 0 Å². The fourth-order valence-electron chi connectivity index (χ4n) is 6.45. The molecule has 356 valence electrons. The Morgan fingerprint density at radius 2 is 0.857 bits per heavy atom. The first kappa shape index (κ1) is 59.0. The van der Waals surface area contributed by atoms with Gasteiger partial charge in [-0.1, -0.05) is 168 Å². The van der Waals surface area contributed by atoms with Crippen molar-refractivity contribution in [1.29, 1.82) is 0 Å². The fourth-order valence-corrected chi connectivity index (χ4v) is 6.45. The van der Waals surface area contributed by atoms with E-state index in [9.17, 15) is 19.5 Å². The second-order valence-electron chi connectivity index (χ2n) is 16.9. The van der Waals surface area contributed by atoms with Crippen LogP contribution >= 0.6 is 0 Å². The van der Waals surface area contributed by atoms with E-state index in [0.717, 1.165) is 89.9 Å². The van der Waals surface area contributed by atoms with Crippen LogP contribution in [0.3, 0.4) is 0 Å². The van der Waals surface area contributed by atoms with Gasteiger partial charge in [0.2, 0.25) is 0 Å². The van der Waals surface area contributed by atoms with E-state index in [1.807, 2.05) is 0 Å². The van der Waals surface area contributed by atoms with Gasteiger partial charge in [0.05, 0.1) is 40.3 Å². The molecule has 0 bridgehead atoms. The van der Waals surface area contributed by atoms with E-state index in [2.05, 4.69) is 123 Å². The van der Waals surface area contributed by atoms with Gasteiger partial charge < -0.3 is 28.6 Å². The summed E-state index contributed by atoms with van der Waals surface area (Å²) in [6.07, 6.45) is 61.2. The Kier molecular flexibility index (Phi) is 41.8. The number of likely N-dealkylation sites (N-methyl/N-ethyl adjacent to an activating group) is 1. The first-order valence-electron chi connectivity index (χ1n) is 24.4. The molecule has 0 radical (unpaired) electrons. The highest BCUT2D eigenvalue weighted by Crippen LogP contribution is 2.13. The van der Waals surface area contributed by atoms with Crippen LogP contribution in [0, 0.1) is 0 Å². The molecule has 0 fully saturated rings. The van der Waals surface area contributed by atoms with Crippen LogP contribution in [0.15, 0.2) is 109 Å². The predicted octanol–water partition coefficient (Wildman–Crippen LogP) is 12.7. The third-order valence-corrected chi connectivity index (χ3v) is 10.2. The van der Waals surface area contributed by atoms with Crippen molar-refractivity contribution in [2.75, 3.05) is 41.0 Å². The number of hydrogen-bond acceptors (Lipinski definition) is 7. The van der Waals surface area contributed by atoms with Gasteiger partial charge in [-0.05, 0) is 89.9 Å². The molecule has 0 aromatic heterocycles. The molecule has 8 nitrogen and oxygen atoms in total. The molecule has 0 saturated heterocycles. The van der Waals surface area contributed by atoms with Crippen LogP contribution in [0.2, 0.25) is 0 Å². The van der Waals surface area contributed by atoms with Gasteiger partial charge in [-0.25, -0.2) is 0 Å². The zero-order chi connectivity index (χ0) is 46.3. The molecule has 0 rings (SSSR count). The molecular formula is C55H89NO7. The molecule has 0 spiro atoms. The Hall–Kier alpha value is -4.01. The molecule has 0 N–H and O–H groups in total. The average Bonchev–Trinajstić information content (AvgIpc) is 3.24. The van der Waals surface area contributed by atoms with Crippen molar-refractivity contribution in [3.63, 3.8) is 0 Å². The number of esters is 2. The first-order valence-corrected chi connectivity index (χ1v) is 24.4. The average molecular weight is 876 g/mol. The maximum absolute atomic E-state index is 12.8. The smallest absolute Gasteiger partial charge is 0.306 e. The monoisotopic (exact) mass is 876 g/mol. The summed E-state index contributed by atoms with van der Waals surface area (Å²) >= 11 is 0. The van der Waals surface area contributed by atoms with Gasteiger partial charge in [-0.3, -0.25) is 9.59 Å². The molecular weight excluding hydrogens is 787 g/mol. The lowest BCUT2D eigenvalue weighted by molar-refractivity contribution is -0.889. The molecule has 0 saturated carbocycles. The number of carbonyl (C=O) groups excluding carboxylic acids is 3. The Labute approximate surface area is 385 Å². The van der Waals surface area contributed by atoms with E-state index < -0.39 is 18.1 Å². The lowest BCUT2D eigenvalue weighted by Gasteiger charge is -2.34. The molecule has 0 heterocycles. The molecule has 0 aliphatic carbocycles. The number of hydrogen-bond donors (Lipinski definition) is 0. The normalized spacial score (nSPS) is 13.9. The minimum Gasteiger partial charge on any atom is -0.544 e. The zero-order valence-electron chi connectivity index (χ0n) is 40.4. The standard InChI is InChI=1S/C55H89NO7/c1-6-8-10-12-14-16-18-20-22-24-26-28-29-31-33-35-37-39-41-43-45-53(57)62-50-51(49-61-48-47-52(55(59)60)56(3,4)5)63-54(58)46-44-42-40-38-36-34-32-30-27-25-23-21-19-17-15-13-11-9-7-2/h8-11,14-17,20-23,26,28,31,33,37,39,51-52H,6-7,12-13,18-19,24-25,27,29-30,32,34-36,38,40-50H2,1-5H3/b10-8+,11-9+,16-14+,17-15+,22-20+,23-21+,28-26+,33-31+,39-37+. The summed E-state index contributed by atoms with van der Waals surface area (Å²) < 4.78 is 17.2. The Morgan fingerprint density at radius 3 is 1.29 bits per heavy atom. The Balaban J connectivity index is 4.41. The van der Waals surface area contributed by atoms with Gasteiger partial charge in [0.25, 0.3) is 0 Å². The van der Waals surface area contributed by atoms with Gasteiger partial charge in [0.1, 0.15) is 12.6 Å². The van der Waals surface area contributed by atoms with Crippen molar-refractivity contribution < 1.29 is 38.2 Å². The summed E-state index contributed by atoms with van der Waals surface area (Å²) in [6, 6.07) is -0.742. The summed E-state index contributed by atoms with van der Waals surface area (Å²) in [7, 11) is 5.38. The van der Waals surface area contributed by atoms with Gasteiger partial charge in [-0.2, -0.15) is 0 Å². The molecule has 0 aromatic carbocycles. The van der Waals surface area contributed by atoms with Crippen molar-refractivity contribution in [1.82, 2.24) is 0 Å². The number of aliphatic carboxylic acids is 1. The minimum atomic E-state index is -1.14. The van der Waals surface area contributed by atoms with Crippen LogP contribution in [-0.4, -0.2) is 75.5 Å². The largest absolute Gasteiger partial charge is 0.544 e. The summed E-state index contributed by atoms with van der Waals surface area (Å²) in [6.45, 7) is 4.36. The number of quaternary nitrogens is 1. The number of ether oxygens (including phenoxy) is 3.